The molecule has 3 N–H and O–H groups in total. The van der Waals surface area contributed by atoms with Gasteiger partial charge in [0.1, 0.15) is 5.82 Å². The third-order valence-electron chi connectivity index (χ3n) is 5.42. The minimum atomic E-state index is -3.53. The molecule has 0 radical (unpaired) electrons. The highest BCUT2D eigenvalue weighted by atomic mass is 32.2. The van der Waals surface area contributed by atoms with Gasteiger partial charge in [-0.3, -0.25) is 14.9 Å². The van der Waals surface area contributed by atoms with Crippen LogP contribution in [0.1, 0.15) is 30.5 Å². The Labute approximate surface area is 204 Å². The number of amides is 2. The first kappa shape index (κ1) is 24.7. The summed E-state index contributed by atoms with van der Waals surface area (Å²) in [5.41, 5.74) is 3.91. The molecule has 12 heteroatoms. The summed E-state index contributed by atoms with van der Waals surface area (Å²) in [7, 11) is -3.53. The Morgan fingerprint density at radius 1 is 1.20 bits per heavy atom. The smallest absolute Gasteiger partial charge is 0.275 e. The van der Waals surface area contributed by atoms with Crippen LogP contribution in [0.5, 0.6) is 5.75 Å². The number of aromatic nitrogens is 1. The molecular weight excluding hydrogens is 500 g/mol. The number of anilines is 1. The number of nitrogens with zero attached hydrogens (tertiary/aromatic N) is 1. The van der Waals surface area contributed by atoms with E-state index in [1.54, 1.807) is 12.3 Å². The summed E-state index contributed by atoms with van der Waals surface area (Å²) in [6, 6.07) is 7.69. The quantitative estimate of drug-likeness (QED) is 0.444. The highest BCUT2D eigenvalue weighted by Gasteiger charge is 2.46. The lowest BCUT2D eigenvalue weighted by Crippen LogP contribution is -2.48. The van der Waals surface area contributed by atoms with Crippen LogP contribution in [0.25, 0.3) is 0 Å². The normalized spacial score (nSPS) is 15.3. The van der Waals surface area contributed by atoms with Crippen molar-refractivity contribution < 1.29 is 31.5 Å². The molecule has 1 saturated carbocycles. The monoisotopic (exact) mass is 521 g/mol. The van der Waals surface area contributed by atoms with E-state index in [4.69, 9.17) is 10.5 Å². The summed E-state index contributed by atoms with van der Waals surface area (Å²) < 4.78 is 59.0. The van der Waals surface area contributed by atoms with Gasteiger partial charge in [-0.25, -0.2) is 22.2 Å². The summed E-state index contributed by atoms with van der Waals surface area (Å²) in [6.45, 7) is 1.71. The van der Waals surface area contributed by atoms with Gasteiger partial charge in [0.15, 0.2) is 26.5 Å². The van der Waals surface area contributed by atoms with Crippen molar-refractivity contribution in [3.05, 3.63) is 70.7 Å². The van der Waals surface area contributed by atoms with Gasteiger partial charge in [0.2, 0.25) is 11.5 Å². The maximum atomic E-state index is 14.5. The lowest BCUT2D eigenvalue weighted by Gasteiger charge is -2.32. The molecule has 3 aromatic rings. The minimum Gasteiger partial charge on any atom is -0.469 e. The second kappa shape index (κ2) is 9.34. The Morgan fingerprint density at radius 2 is 1.89 bits per heavy atom. The van der Waals surface area contributed by atoms with Crippen LogP contribution in [0.2, 0.25) is 0 Å². The molecule has 1 aromatic heterocycles. The SMILES string of the molecule is Cc1csc(NC(=O)C(CC(N)=O)(Oc2ccc(F)cc2F)c2ccc(S(=O)(=O)C3CC3)cc2)n1. The predicted octanol–water partition coefficient (Wildman–Crippen LogP) is 3.45. The van der Waals surface area contributed by atoms with E-state index in [1.807, 2.05) is 0 Å². The molecule has 184 valence electrons. The molecule has 0 aliphatic heterocycles. The van der Waals surface area contributed by atoms with Gasteiger partial charge in [-0.15, -0.1) is 11.3 Å². The second-order valence-electron chi connectivity index (χ2n) is 8.16. The molecule has 4 rings (SSSR count). The van der Waals surface area contributed by atoms with Gasteiger partial charge >= 0.3 is 0 Å². The van der Waals surface area contributed by atoms with E-state index >= 15 is 0 Å². The number of aryl methyl sites for hydroxylation is 1. The molecule has 1 atom stereocenters. The Morgan fingerprint density at radius 3 is 2.43 bits per heavy atom. The second-order valence-corrected chi connectivity index (χ2v) is 11.3. The van der Waals surface area contributed by atoms with E-state index in [9.17, 15) is 26.8 Å². The van der Waals surface area contributed by atoms with E-state index in [1.165, 1.54) is 24.3 Å². The number of primary amides is 1. The van der Waals surface area contributed by atoms with Gasteiger partial charge in [0.05, 0.1) is 22.3 Å². The van der Waals surface area contributed by atoms with Gasteiger partial charge in [0.25, 0.3) is 5.91 Å². The lowest BCUT2D eigenvalue weighted by molar-refractivity contribution is -0.138. The lowest BCUT2D eigenvalue weighted by atomic mass is 9.88. The maximum absolute atomic E-state index is 14.5. The van der Waals surface area contributed by atoms with Crippen molar-refractivity contribution in [1.82, 2.24) is 4.98 Å². The van der Waals surface area contributed by atoms with Crippen molar-refractivity contribution >= 4 is 38.1 Å². The van der Waals surface area contributed by atoms with Gasteiger partial charge in [-0.05, 0) is 44.0 Å². The number of rotatable bonds is 9. The molecule has 0 saturated heterocycles. The Kier molecular flexibility index (Phi) is 6.60. The molecule has 2 aromatic carbocycles. The van der Waals surface area contributed by atoms with Crippen molar-refractivity contribution in [3.8, 4) is 5.75 Å². The standard InChI is InChI=1S/C23H21F2N3O5S2/c1-13-12-34-22(27-13)28-21(30)23(11-20(26)29,33-19-9-4-15(24)10-18(19)25)14-2-5-16(6-3-14)35(31,32)17-7-8-17/h2-6,9-10,12,17H,7-8,11H2,1H3,(H2,26,29)(H,27,28,30). The Hall–Kier alpha value is -3.38. The molecule has 0 spiro atoms. The van der Waals surface area contributed by atoms with Crippen LogP contribution >= 0.6 is 11.3 Å². The van der Waals surface area contributed by atoms with Crippen molar-refractivity contribution in [1.29, 1.82) is 0 Å². The average Bonchev–Trinajstić information content (AvgIpc) is 3.58. The summed E-state index contributed by atoms with van der Waals surface area (Å²) in [4.78, 5) is 29.9. The Balaban J connectivity index is 1.82. The molecule has 1 aliphatic rings. The zero-order valence-corrected chi connectivity index (χ0v) is 20.1. The van der Waals surface area contributed by atoms with Gasteiger partial charge in [-0.1, -0.05) is 12.1 Å². The zero-order chi connectivity index (χ0) is 25.4. The fourth-order valence-electron chi connectivity index (χ4n) is 3.54. The summed E-state index contributed by atoms with van der Waals surface area (Å²) >= 11 is 1.12. The van der Waals surface area contributed by atoms with E-state index in [2.05, 4.69) is 10.3 Å². The first-order chi connectivity index (χ1) is 16.5. The van der Waals surface area contributed by atoms with Crippen LogP contribution in [-0.4, -0.2) is 30.5 Å². The number of hydrogen-bond acceptors (Lipinski definition) is 7. The third-order valence-corrected chi connectivity index (χ3v) is 8.57. The molecule has 8 nitrogen and oxygen atoms in total. The number of ether oxygens (including phenoxy) is 1. The zero-order valence-electron chi connectivity index (χ0n) is 18.5. The topological polar surface area (TPSA) is 128 Å². The van der Waals surface area contributed by atoms with Gasteiger partial charge in [-0.2, -0.15) is 0 Å². The molecule has 1 fully saturated rings. The Bertz CT molecular complexity index is 1390. The van der Waals surface area contributed by atoms with E-state index < -0.39 is 56.3 Å². The molecule has 0 bridgehead atoms. The van der Waals surface area contributed by atoms with Crippen LogP contribution in [0.15, 0.2) is 52.7 Å². The first-order valence-electron chi connectivity index (χ1n) is 10.5. The summed E-state index contributed by atoms with van der Waals surface area (Å²) in [5.74, 6) is -4.33. The number of nitrogens with two attached hydrogens (primary N) is 1. The van der Waals surface area contributed by atoms with E-state index in [0.717, 1.165) is 23.5 Å². The minimum absolute atomic E-state index is 0.0422. The number of carbonyl (C=O) groups excluding carboxylic acids is 2. The largest absolute Gasteiger partial charge is 0.469 e. The number of nitrogens with one attached hydrogen (secondary N) is 1. The molecule has 1 unspecified atom stereocenters. The first-order valence-corrected chi connectivity index (χ1v) is 12.9. The predicted molar refractivity (Wildman–Crippen MR) is 125 cm³/mol. The number of carbonyl (C=O) groups is 2. The molecule has 1 heterocycles. The summed E-state index contributed by atoms with van der Waals surface area (Å²) in [5, 5.41) is 3.97. The average molecular weight is 522 g/mol. The van der Waals surface area contributed by atoms with Crippen molar-refractivity contribution in [2.75, 3.05) is 5.32 Å². The highest BCUT2D eigenvalue weighted by Crippen LogP contribution is 2.37. The van der Waals surface area contributed by atoms with Crippen LogP contribution in [0.3, 0.4) is 0 Å². The fourth-order valence-corrected chi connectivity index (χ4v) is 5.88. The van der Waals surface area contributed by atoms with Crippen LogP contribution in [0.4, 0.5) is 13.9 Å². The third kappa shape index (κ3) is 5.17. The van der Waals surface area contributed by atoms with E-state index in [-0.39, 0.29) is 15.6 Å². The molecule has 1 aliphatic carbocycles. The number of sulfone groups is 1. The molecular formula is C23H21F2N3O5S2. The number of halogens is 2. The molecule has 2 amide bonds. The van der Waals surface area contributed by atoms with Crippen LogP contribution < -0.4 is 15.8 Å². The fraction of sp³-hybridized carbons (Fsp3) is 0.261. The van der Waals surface area contributed by atoms with E-state index in [0.29, 0.717) is 24.6 Å². The van der Waals surface area contributed by atoms with Crippen molar-refractivity contribution in [2.45, 2.75) is 41.9 Å². The number of hydrogen-bond donors (Lipinski definition) is 2. The highest BCUT2D eigenvalue weighted by molar-refractivity contribution is 7.92. The molecule has 35 heavy (non-hydrogen) atoms. The van der Waals surface area contributed by atoms with Crippen molar-refractivity contribution in [2.24, 2.45) is 5.73 Å². The maximum Gasteiger partial charge on any atom is 0.275 e. The van der Waals surface area contributed by atoms with Crippen LogP contribution in [0, 0.1) is 18.6 Å². The van der Waals surface area contributed by atoms with Crippen molar-refractivity contribution in [3.63, 3.8) is 0 Å². The van der Waals surface area contributed by atoms with Gasteiger partial charge in [0, 0.05) is 17.0 Å². The number of benzene rings is 2. The number of thiazole rings is 1. The summed E-state index contributed by atoms with van der Waals surface area (Å²) in [6.07, 6.45) is 0.408. The van der Waals surface area contributed by atoms with Crippen LogP contribution in [-0.2, 0) is 25.0 Å². The van der Waals surface area contributed by atoms with Gasteiger partial charge < -0.3 is 10.5 Å².